The number of aliphatic hydroxyl groups excluding tert-OH is 1. The summed E-state index contributed by atoms with van der Waals surface area (Å²) in [5, 5.41) is 21.3. The average Bonchev–Trinajstić information content (AvgIpc) is 2.30. The minimum atomic E-state index is -0.747. The van der Waals surface area contributed by atoms with E-state index in [1.54, 1.807) is 0 Å². The van der Waals surface area contributed by atoms with Crippen LogP contribution in [-0.4, -0.2) is 48.6 Å². The largest absolute Gasteiger partial charge is 0.481 e. The third kappa shape index (κ3) is 10.5. The third-order valence-corrected chi connectivity index (χ3v) is 2.89. The molecule has 0 spiro atoms. The molecule has 5 heteroatoms. The van der Waals surface area contributed by atoms with Gasteiger partial charge in [-0.15, -0.1) is 0 Å². The molecular weight excluding hydrogens is 234 g/mol. The number of ether oxygens (including phenoxy) is 1. The van der Waals surface area contributed by atoms with Gasteiger partial charge in [-0.3, -0.25) is 4.79 Å². The van der Waals surface area contributed by atoms with Gasteiger partial charge >= 0.3 is 5.97 Å². The van der Waals surface area contributed by atoms with Crippen molar-refractivity contribution in [2.45, 2.75) is 46.1 Å². The Hall–Kier alpha value is -0.650. The van der Waals surface area contributed by atoms with Gasteiger partial charge in [0.25, 0.3) is 0 Å². The first-order valence-electron chi connectivity index (χ1n) is 6.55. The molecule has 1 unspecified atom stereocenters. The predicted molar refractivity (Wildman–Crippen MR) is 70.6 cm³/mol. The Balaban J connectivity index is 3.60. The van der Waals surface area contributed by atoms with Crippen LogP contribution in [0.3, 0.4) is 0 Å². The van der Waals surface area contributed by atoms with E-state index in [1.165, 1.54) is 0 Å². The lowest BCUT2D eigenvalue weighted by molar-refractivity contribution is -0.137. The number of nitrogens with one attached hydrogen (secondary N) is 1. The van der Waals surface area contributed by atoms with Gasteiger partial charge < -0.3 is 20.3 Å². The quantitative estimate of drug-likeness (QED) is 0.488. The van der Waals surface area contributed by atoms with Crippen molar-refractivity contribution in [2.24, 2.45) is 5.41 Å². The molecule has 0 amide bonds. The fraction of sp³-hybridized carbons (Fsp3) is 0.923. The van der Waals surface area contributed by atoms with E-state index in [4.69, 9.17) is 9.84 Å². The highest BCUT2D eigenvalue weighted by Crippen LogP contribution is 2.25. The van der Waals surface area contributed by atoms with Crippen molar-refractivity contribution in [1.29, 1.82) is 0 Å². The Kier molecular flexibility index (Phi) is 8.97. The number of rotatable bonds is 11. The average molecular weight is 261 g/mol. The summed E-state index contributed by atoms with van der Waals surface area (Å²) in [6, 6.07) is 0. The molecule has 5 nitrogen and oxygen atoms in total. The first-order chi connectivity index (χ1) is 8.37. The number of carboxylic acids is 1. The van der Waals surface area contributed by atoms with Crippen LogP contribution >= 0.6 is 0 Å². The van der Waals surface area contributed by atoms with Gasteiger partial charge in [0.1, 0.15) is 0 Å². The molecule has 1 atom stereocenters. The normalized spacial score (nSPS) is 13.6. The van der Waals surface area contributed by atoms with E-state index in [0.29, 0.717) is 26.2 Å². The summed E-state index contributed by atoms with van der Waals surface area (Å²) in [7, 11) is 0. The van der Waals surface area contributed by atoms with Crippen LogP contribution in [0.25, 0.3) is 0 Å². The van der Waals surface area contributed by atoms with Gasteiger partial charge in [-0.1, -0.05) is 13.8 Å². The second-order valence-corrected chi connectivity index (χ2v) is 5.33. The Morgan fingerprint density at radius 2 is 2.06 bits per heavy atom. The highest BCUT2D eigenvalue weighted by Gasteiger charge is 2.18. The number of aliphatic hydroxyl groups is 1. The monoisotopic (exact) mass is 261 g/mol. The molecule has 0 aliphatic carbocycles. The Labute approximate surface area is 110 Å². The van der Waals surface area contributed by atoms with Crippen LogP contribution in [0, 0.1) is 5.41 Å². The van der Waals surface area contributed by atoms with Crippen molar-refractivity contribution >= 4 is 5.97 Å². The van der Waals surface area contributed by atoms with E-state index in [0.717, 1.165) is 13.0 Å². The highest BCUT2D eigenvalue weighted by molar-refractivity contribution is 5.66. The van der Waals surface area contributed by atoms with Gasteiger partial charge in [0, 0.05) is 19.6 Å². The minimum Gasteiger partial charge on any atom is -0.481 e. The zero-order chi connectivity index (χ0) is 14.0. The van der Waals surface area contributed by atoms with Crippen molar-refractivity contribution in [1.82, 2.24) is 5.32 Å². The summed E-state index contributed by atoms with van der Waals surface area (Å²) in [5.74, 6) is -0.747. The summed E-state index contributed by atoms with van der Waals surface area (Å²) >= 11 is 0. The lowest BCUT2D eigenvalue weighted by atomic mass is 9.84. The van der Waals surface area contributed by atoms with E-state index in [2.05, 4.69) is 19.2 Å². The number of aliphatic carboxylic acids is 1. The predicted octanol–water partition coefficient (Wildman–Crippen LogP) is 1.25. The number of hydrogen-bond acceptors (Lipinski definition) is 4. The van der Waals surface area contributed by atoms with Crippen molar-refractivity contribution in [3.8, 4) is 0 Å². The zero-order valence-corrected chi connectivity index (χ0v) is 11.7. The van der Waals surface area contributed by atoms with Gasteiger partial charge in [0.05, 0.1) is 12.7 Å². The Bertz CT molecular complexity index is 231. The molecule has 0 aromatic rings. The molecule has 0 heterocycles. The maximum atomic E-state index is 10.5. The first-order valence-corrected chi connectivity index (χ1v) is 6.55. The smallest absolute Gasteiger partial charge is 0.303 e. The van der Waals surface area contributed by atoms with Crippen molar-refractivity contribution in [2.75, 3.05) is 26.3 Å². The summed E-state index contributed by atoms with van der Waals surface area (Å²) in [4.78, 5) is 10.5. The Morgan fingerprint density at radius 3 is 2.61 bits per heavy atom. The Morgan fingerprint density at radius 1 is 1.39 bits per heavy atom. The topological polar surface area (TPSA) is 78.8 Å². The van der Waals surface area contributed by atoms with E-state index in [-0.39, 0.29) is 11.8 Å². The standard InChI is InChI=1S/C13H27NO4/c1-4-18-10-11(15)9-14-8-7-13(2,3)6-5-12(16)17/h11,14-15H,4-10H2,1-3H3,(H,16,17). The van der Waals surface area contributed by atoms with E-state index < -0.39 is 12.1 Å². The molecule has 0 aliphatic heterocycles. The molecule has 0 aliphatic rings. The van der Waals surface area contributed by atoms with Crippen molar-refractivity contribution < 1.29 is 19.7 Å². The second-order valence-electron chi connectivity index (χ2n) is 5.33. The zero-order valence-electron chi connectivity index (χ0n) is 11.7. The van der Waals surface area contributed by atoms with E-state index >= 15 is 0 Å². The van der Waals surface area contributed by atoms with Gasteiger partial charge in [0.2, 0.25) is 0 Å². The van der Waals surface area contributed by atoms with Gasteiger partial charge in [-0.05, 0) is 31.7 Å². The second kappa shape index (κ2) is 9.30. The molecule has 0 aromatic heterocycles. The first kappa shape index (κ1) is 17.4. The highest BCUT2D eigenvalue weighted by atomic mass is 16.5. The van der Waals surface area contributed by atoms with Crippen LogP contribution in [0.4, 0.5) is 0 Å². The van der Waals surface area contributed by atoms with Crippen LogP contribution in [0.1, 0.15) is 40.0 Å². The van der Waals surface area contributed by atoms with Crippen LogP contribution in [0.2, 0.25) is 0 Å². The summed E-state index contributed by atoms with van der Waals surface area (Å²) in [5.41, 5.74) is 0.0102. The minimum absolute atomic E-state index is 0.0102. The van der Waals surface area contributed by atoms with E-state index in [1.807, 2.05) is 6.92 Å². The molecule has 0 bridgehead atoms. The van der Waals surface area contributed by atoms with Crippen LogP contribution in [-0.2, 0) is 9.53 Å². The fourth-order valence-electron chi connectivity index (χ4n) is 1.58. The van der Waals surface area contributed by atoms with E-state index in [9.17, 15) is 9.90 Å². The molecule has 0 fully saturated rings. The SMILES string of the molecule is CCOCC(O)CNCCC(C)(C)CCC(=O)O. The molecule has 0 saturated carbocycles. The van der Waals surface area contributed by atoms with Crippen molar-refractivity contribution in [3.63, 3.8) is 0 Å². The molecule has 108 valence electrons. The molecule has 18 heavy (non-hydrogen) atoms. The van der Waals surface area contributed by atoms with Gasteiger partial charge in [-0.25, -0.2) is 0 Å². The van der Waals surface area contributed by atoms with Gasteiger partial charge in [-0.2, -0.15) is 0 Å². The molecule has 0 aromatic carbocycles. The van der Waals surface area contributed by atoms with Crippen molar-refractivity contribution in [3.05, 3.63) is 0 Å². The van der Waals surface area contributed by atoms with Crippen LogP contribution < -0.4 is 5.32 Å². The molecule has 0 rings (SSSR count). The molecule has 3 N–H and O–H groups in total. The molecule has 0 radical (unpaired) electrons. The summed E-state index contributed by atoms with van der Waals surface area (Å²) in [6.07, 6.45) is 1.29. The molecule has 0 saturated heterocycles. The van der Waals surface area contributed by atoms with Crippen LogP contribution in [0.5, 0.6) is 0 Å². The number of hydrogen-bond donors (Lipinski definition) is 3. The van der Waals surface area contributed by atoms with Crippen LogP contribution in [0.15, 0.2) is 0 Å². The molecular formula is C13H27NO4. The summed E-state index contributed by atoms with van der Waals surface area (Å²) < 4.78 is 5.10. The summed E-state index contributed by atoms with van der Waals surface area (Å²) in [6.45, 7) is 8.27. The maximum Gasteiger partial charge on any atom is 0.303 e. The number of carboxylic acid groups (broad SMARTS) is 1. The maximum absolute atomic E-state index is 10.5. The fourth-order valence-corrected chi connectivity index (χ4v) is 1.58. The van der Waals surface area contributed by atoms with Gasteiger partial charge in [0.15, 0.2) is 0 Å². The number of carbonyl (C=O) groups is 1. The lowest BCUT2D eigenvalue weighted by Crippen LogP contribution is -2.32. The lowest BCUT2D eigenvalue weighted by Gasteiger charge is -2.24. The third-order valence-electron chi connectivity index (χ3n) is 2.89.